The molecular weight excluding hydrogens is 229 g/mol. The van der Waals surface area contributed by atoms with Crippen molar-refractivity contribution >= 4 is 18.4 Å². The van der Waals surface area contributed by atoms with Gasteiger partial charge < -0.3 is 9.05 Å². The molecule has 0 fully saturated rings. The lowest BCUT2D eigenvalue weighted by Crippen LogP contribution is -2.27. The molecule has 0 amide bonds. The van der Waals surface area contributed by atoms with Gasteiger partial charge in [0, 0.05) is 25.8 Å². The van der Waals surface area contributed by atoms with Crippen LogP contribution in [0.3, 0.4) is 0 Å². The molecule has 0 N–H and O–H groups in total. The average molecular weight is 243 g/mol. The van der Waals surface area contributed by atoms with Crippen LogP contribution < -0.4 is 4.52 Å². The molecule has 1 aliphatic heterocycles. The van der Waals surface area contributed by atoms with E-state index in [0.29, 0.717) is 0 Å². The Balaban J connectivity index is 2.39. The summed E-state index contributed by atoms with van der Waals surface area (Å²) in [5, 5.41) is 0. The van der Waals surface area contributed by atoms with Gasteiger partial charge in [-0.2, -0.15) is 0 Å². The maximum Gasteiger partial charge on any atom is 0.315 e. The third kappa shape index (κ3) is 1.95. The summed E-state index contributed by atoms with van der Waals surface area (Å²) in [4.78, 5) is 0. The van der Waals surface area contributed by atoms with Crippen molar-refractivity contribution in [2.45, 2.75) is 13.5 Å². The highest BCUT2D eigenvalue weighted by Crippen LogP contribution is 2.56. The molecule has 0 saturated carbocycles. The Morgan fingerprint density at radius 3 is 2.93 bits per heavy atom. The fourth-order valence-corrected chi connectivity index (χ4v) is 3.91. The Bertz CT molecular complexity index is 410. The van der Waals surface area contributed by atoms with Crippen LogP contribution in [0.25, 0.3) is 0 Å². The minimum Gasteiger partial charge on any atom is -0.432 e. The molecular formula is C10H14NO2PS. The van der Waals surface area contributed by atoms with Crippen LogP contribution in [0.2, 0.25) is 0 Å². The Morgan fingerprint density at radius 2 is 2.27 bits per heavy atom. The number of rotatable bonds is 2. The van der Waals surface area contributed by atoms with Gasteiger partial charge in [-0.05, 0) is 17.9 Å². The van der Waals surface area contributed by atoms with E-state index in [0.717, 1.165) is 18.8 Å². The summed E-state index contributed by atoms with van der Waals surface area (Å²) in [6.45, 7) is 1.46. The molecule has 15 heavy (non-hydrogen) atoms. The van der Waals surface area contributed by atoms with Gasteiger partial charge in [-0.15, -0.1) is 0 Å². The molecule has 5 heteroatoms. The summed E-state index contributed by atoms with van der Waals surface area (Å²) in [6, 6.07) is 7.97. The maximum absolute atomic E-state index is 5.80. The first-order valence-electron chi connectivity index (χ1n) is 4.88. The number of hydrogen-bond donors (Lipinski definition) is 0. The zero-order valence-electron chi connectivity index (χ0n) is 8.84. The minimum absolute atomic E-state index is 0.817. The Morgan fingerprint density at radius 1 is 1.53 bits per heavy atom. The Labute approximate surface area is 95.2 Å². The van der Waals surface area contributed by atoms with Crippen molar-refractivity contribution in [2.75, 3.05) is 13.7 Å². The smallest absolute Gasteiger partial charge is 0.315 e. The van der Waals surface area contributed by atoms with Crippen LogP contribution in [0, 0.1) is 0 Å². The van der Waals surface area contributed by atoms with Crippen LogP contribution in [0.4, 0.5) is 0 Å². The predicted octanol–water partition coefficient (Wildman–Crippen LogP) is 2.77. The molecule has 1 unspecified atom stereocenters. The van der Waals surface area contributed by atoms with Crippen molar-refractivity contribution in [2.24, 2.45) is 0 Å². The number of fused-ring (bicyclic) bond motifs is 1. The van der Waals surface area contributed by atoms with Gasteiger partial charge in [-0.3, -0.25) is 0 Å². The summed E-state index contributed by atoms with van der Waals surface area (Å²) in [6.07, 6.45) is 0. The zero-order chi connectivity index (χ0) is 10.9. The van der Waals surface area contributed by atoms with Gasteiger partial charge in [-0.1, -0.05) is 25.1 Å². The molecule has 0 spiro atoms. The highest BCUT2D eigenvalue weighted by atomic mass is 32.5. The van der Waals surface area contributed by atoms with E-state index in [4.69, 9.17) is 20.9 Å². The summed E-state index contributed by atoms with van der Waals surface area (Å²) >= 11 is 5.44. The Kier molecular flexibility index (Phi) is 3.12. The minimum atomic E-state index is -2.27. The third-order valence-electron chi connectivity index (χ3n) is 2.48. The molecule has 0 aromatic heterocycles. The fourth-order valence-electron chi connectivity index (χ4n) is 1.63. The summed E-state index contributed by atoms with van der Waals surface area (Å²) in [5.41, 5.74) is 1.18. The topological polar surface area (TPSA) is 21.7 Å². The second kappa shape index (κ2) is 4.22. The summed E-state index contributed by atoms with van der Waals surface area (Å²) in [5.74, 6) is 0.868. The lowest BCUT2D eigenvalue weighted by Gasteiger charge is -2.36. The molecule has 1 aromatic carbocycles. The second-order valence-corrected chi connectivity index (χ2v) is 6.77. The second-order valence-electron chi connectivity index (χ2n) is 3.33. The van der Waals surface area contributed by atoms with Crippen LogP contribution in [0.15, 0.2) is 24.3 Å². The highest BCUT2D eigenvalue weighted by molar-refractivity contribution is 8.08. The van der Waals surface area contributed by atoms with Gasteiger partial charge in [0.2, 0.25) is 0 Å². The van der Waals surface area contributed by atoms with E-state index in [-0.39, 0.29) is 0 Å². The first kappa shape index (κ1) is 11.1. The summed E-state index contributed by atoms with van der Waals surface area (Å²) in [7, 11) is 1.62. The molecule has 0 saturated heterocycles. The van der Waals surface area contributed by atoms with E-state index >= 15 is 0 Å². The third-order valence-corrected chi connectivity index (χ3v) is 5.85. The van der Waals surface area contributed by atoms with Crippen LogP contribution in [-0.2, 0) is 22.9 Å². The molecule has 0 radical (unpaired) electrons. The van der Waals surface area contributed by atoms with Gasteiger partial charge in [0.1, 0.15) is 5.75 Å². The van der Waals surface area contributed by atoms with Gasteiger partial charge >= 0.3 is 6.64 Å². The van der Waals surface area contributed by atoms with Crippen LogP contribution >= 0.6 is 6.64 Å². The van der Waals surface area contributed by atoms with Crippen LogP contribution in [0.5, 0.6) is 5.75 Å². The predicted molar refractivity (Wildman–Crippen MR) is 64.4 cm³/mol. The van der Waals surface area contributed by atoms with Crippen LogP contribution in [-0.4, -0.2) is 18.3 Å². The van der Waals surface area contributed by atoms with E-state index in [1.165, 1.54) is 5.56 Å². The van der Waals surface area contributed by atoms with Crippen molar-refractivity contribution in [1.29, 1.82) is 0 Å². The van der Waals surface area contributed by atoms with Gasteiger partial charge in [0.25, 0.3) is 0 Å². The monoisotopic (exact) mass is 243 g/mol. The van der Waals surface area contributed by atoms with Crippen molar-refractivity contribution < 1.29 is 9.05 Å². The highest BCUT2D eigenvalue weighted by Gasteiger charge is 2.33. The summed E-state index contributed by atoms with van der Waals surface area (Å²) < 4.78 is 13.3. The maximum atomic E-state index is 5.80. The molecule has 1 aliphatic rings. The van der Waals surface area contributed by atoms with E-state index in [1.807, 2.05) is 18.2 Å². The lowest BCUT2D eigenvalue weighted by atomic mass is 10.2. The molecule has 3 nitrogen and oxygen atoms in total. The zero-order valence-corrected chi connectivity index (χ0v) is 10.6. The normalized spacial score (nSPS) is 25.7. The molecule has 1 atom stereocenters. The first-order chi connectivity index (χ1) is 7.19. The fraction of sp³-hybridized carbons (Fsp3) is 0.400. The molecule has 2 rings (SSSR count). The molecule has 82 valence electrons. The lowest BCUT2D eigenvalue weighted by molar-refractivity contribution is 0.285. The molecule has 0 bridgehead atoms. The molecule has 1 heterocycles. The number of hydrogen-bond acceptors (Lipinski definition) is 3. The van der Waals surface area contributed by atoms with E-state index in [2.05, 4.69) is 17.7 Å². The van der Waals surface area contributed by atoms with Crippen molar-refractivity contribution in [3.8, 4) is 5.75 Å². The first-order valence-corrected chi connectivity index (χ1v) is 7.47. The average Bonchev–Trinajstić information content (AvgIpc) is 2.28. The van der Waals surface area contributed by atoms with Crippen molar-refractivity contribution in [3.05, 3.63) is 29.8 Å². The van der Waals surface area contributed by atoms with E-state index in [1.54, 1.807) is 7.11 Å². The van der Waals surface area contributed by atoms with E-state index in [9.17, 15) is 0 Å². The van der Waals surface area contributed by atoms with Crippen LogP contribution in [0.1, 0.15) is 12.5 Å². The molecule has 0 aliphatic carbocycles. The number of para-hydroxylation sites is 1. The quantitative estimate of drug-likeness (QED) is 0.744. The van der Waals surface area contributed by atoms with Gasteiger partial charge in [0.05, 0.1) is 0 Å². The van der Waals surface area contributed by atoms with Gasteiger partial charge in [-0.25, -0.2) is 4.67 Å². The van der Waals surface area contributed by atoms with Crippen molar-refractivity contribution in [1.82, 2.24) is 4.67 Å². The SMILES string of the molecule is CCN1Cc2ccccc2OP1(=S)OC. The van der Waals surface area contributed by atoms with Gasteiger partial charge in [0.15, 0.2) is 0 Å². The number of nitrogens with zero attached hydrogens (tertiary/aromatic N) is 1. The van der Waals surface area contributed by atoms with Crippen molar-refractivity contribution in [3.63, 3.8) is 0 Å². The number of benzene rings is 1. The standard InChI is InChI=1S/C10H14NO2PS/c1-3-11-8-9-6-4-5-7-10(9)13-14(11,15)12-2/h4-7H,3,8H2,1-2H3. The largest absolute Gasteiger partial charge is 0.432 e. The Hall–Kier alpha value is -0.410. The molecule has 1 aromatic rings. The van der Waals surface area contributed by atoms with E-state index < -0.39 is 6.64 Å².